The Morgan fingerprint density at radius 1 is 1.41 bits per heavy atom. The van der Waals surface area contributed by atoms with E-state index < -0.39 is 11.4 Å². The van der Waals surface area contributed by atoms with Crippen molar-refractivity contribution < 1.29 is 4.55 Å². The molecule has 0 aliphatic rings. The summed E-state index contributed by atoms with van der Waals surface area (Å²) in [6.45, 7) is 7.41. The number of halogens is 1. The summed E-state index contributed by atoms with van der Waals surface area (Å²) in [5, 5.41) is 0.458. The van der Waals surface area contributed by atoms with E-state index in [0.717, 1.165) is 5.56 Å². The van der Waals surface area contributed by atoms with Crippen molar-refractivity contribution in [2.75, 3.05) is 5.73 Å². The molecule has 1 rings (SSSR count). The maximum Gasteiger partial charge on any atom is 0.144 e. The molecule has 1 atom stereocenters. The van der Waals surface area contributed by atoms with Crippen molar-refractivity contribution in [3.05, 3.63) is 28.8 Å². The number of rotatable bonds is 2. The smallest absolute Gasteiger partial charge is 0.144 e. The van der Waals surface area contributed by atoms with Crippen molar-refractivity contribution in [3.63, 3.8) is 0 Å². The highest BCUT2D eigenvalue weighted by atomic mass is 35.5. The summed E-state index contributed by atoms with van der Waals surface area (Å²) in [5.74, 6) is 0. The molecule has 0 aromatic heterocycles. The molecule has 0 unspecified atom stereocenters. The van der Waals surface area contributed by atoms with Crippen LogP contribution in [0.3, 0.4) is 0 Å². The number of nitrogen functional groups attached to an aromatic ring is 1. The molecule has 3 nitrogen and oxygen atoms in total. The molecule has 2 N–H and O–H groups in total. The van der Waals surface area contributed by atoms with Gasteiger partial charge in [0.1, 0.15) is 16.1 Å². The molecule has 0 heterocycles. The normalized spacial score (nSPS) is 14.8. The Labute approximate surface area is 110 Å². The lowest BCUT2D eigenvalue weighted by molar-refractivity contribution is 0.561. The summed E-state index contributed by atoms with van der Waals surface area (Å²) >= 11 is 4.79. The molecule has 0 spiro atoms. The van der Waals surface area contributed by atoms with Gasteiger partial charge in [-0.25, -0.2) is 0 Å². The minimum Gasteiger partial charge on any atom is -0.591 e. The second kappa shape index (κ2) is 5.29. The van der Waals surface area contributed by atoms with E-state index in [-0.39, 0.29) is 4.75 Å². The fourth-order valence-corrected chi connectivity index (χ4v) is 2.02. The molecule has 17 heavy (non-hydrogen) atoms. The summed E-state index contributed by atoms with van der Waals surface area (Å²) in [4.78, 5) is 0. The molecule has 1 aromatic rings. The second-order valence-electron chi connectivity index (χ2n) is 4.75. The molecular formula is C12H17ClN2OS. The van der Waals surface area contributed by atoms with E-state index in [1.54, 1.807) is 19.1 Å². The van der Waals surface area contributed by atoms with Crippen LogP contribution in [0.1, 0.15) is 33.3 Å². The van der Waals surface area contributed by atoms with Crippen molar-refractivity contribution in [2.45, 2.75) is 32.4 Å². The Bertz CT molecular complexity index is 441. The minimum absolute atomic E-state index is 0.381. The molecule has 0 saturated carbocycles. The molecule has 0 bridgehead atoms. The molecule has 0 radical (unpaired) electrons. The van der Waals surface area contributed by atoms with Crippen LogP contribution in [0.4, 0.5) is 5.69 Å². The van der Waals surface area contributed by atoms with Gasteiger partial charge in [0.15, 0.2) is 0 Å². The van der Waals surface area contributed by atoms with Crippen molar-refractivity contribution in [2.24, 2.45) is 4.40 Å². The van der Waals surface area contributed by atoms with Gasteiger partial charge in [0.05, 0.1) is 16.4 Å². The maximum absolute atomic E-state index is 11.9. The van der Waals surface area contributed by atoms with E-state index in [1.165, 1.54) is 0 Å². The van der Waals surface area contributed by atoms with Crippen molar-refractivity contribution in [1.82, 2.24) is 0 Å². The van der Waals surface area contributed by atoms with Crippen LogP contribution in [-0.2, 0) is 11.4 Å². The van der Waals surface area contributed by atoms with Crippen molar-refractivity contribution in [3.8, 4) is 0 Å². The Morgan fingerprint density at radius 3 is 2.53 bits per heavy atom. The summed E-state index contributed by atoms with van der Waals surface area (Å²) in [6.07, 6.45) is 0. The Morgan fingerprint density at radius 2 is 2.00 bits per heavy atom. The highest BCUT2D eigenvalue weighted by Crippen LogP contribution is 2.25. The fraction of sp³-hybridized carbons (Fsp3) is 0.417. The number of anilines is 1. The maximum atomic E-state index is 11.9. The summed E-state index contributed by atoms with van der Waals surface area (Å²) in [5.41, 5.74) is 7.57. The summed E-state index contributed by atoms with van der Waals surface area (Å²) < 4.78 is 15.7. The highest BCUT2D eigenvalue weighted by molar-refractivity contribution is 7.91. The summed E-state index contributed by atoms with van der Waals surface area (Å²) in [7, 11) is 0. The van der Waals surface area contributed by atoms with Gasteiger partial charge in [0.25, 0.3) is 0 Å². The largest absolute Gasteiger partial charge is 0.591 e. The van der Waals surface area contributed by atoms with Gasteiger partial charge < -0.3 is 10.3 Å². The molecule has 5 heteroatoms. The fourth-order valence-electron chi connectivity index (χ4n) is 1.14. The van der Waals surface area contributed by atoms with E-state index in [4.69, 9.17) is 17.3 Å². The standard InChI is InChI=1S/C12H17ClN2OS/c1-8(15-17(16)12(2,3)4)9-6-5-7-10(14)11(9)13/h5-7H,14H2,1-4H3/t17-/m1/s1. The van der Waals surface area contributed by atoms with Crippen LogP contribution in [0.25, 0.3) is 0 Å². The molecule has 0 fully saturated rings. The van der Waals surface area contributed by atoms with Gasteiger partial charge >= 0.3 is 0 Å². The average molecular weight is 273 g/mol. The first kappa shape index (κ1) is 14.4. The van der Waals surface area contributed by atoms with Gasteiger partial charge in [-0.2, -0.15) is 0 Å². The van der Waals surface area contributed by atoms with Crippen LogP contribution in [0.5, 0.6) is 0 Å². The van der Waals surface area contributed by atoms with Gasteiger partial charge in [0.2, 0.25) is 0 Å². The Kier molecular flexibility index (Phi) is 4.47. The molecule has 0 saturated heterocycles. The summed E-state index contributed by atoms with van der Waals surface area (Å²) in [6, 6.07) is 5.34. The van der Waals surface area contributed by atoms with E-state index in [9.17, 15) is 4.55 Å². The third-order valence-electron chi connectivity index (χ3n) is 2.16. The number of hydrogen-bond donors (Lipinski definition) is 1. The van der Waals surface area contributed by atoms with Gasteiger partial charge in [-0.15, -0.1) is 0 Å². The second-order valence-corrected chi connectivity index (χ2v) is 7.03. The van der Waals surface area contributed by atoms with Gasteiger partial charge in [-0.3, -0.25) is 0 Å². The van der Waals surface area contributed by atoms with Crippen LogP contribution in [0.2, 0.25) is 5.02 Å². The third-order valence-corrected chi connectivity index (χ3v) is 4.07. The van der Waals surface area contributed by atoms with Crippen LogP contribution in [0.15, 0.2) is 22.6 Å². The number of nitrogens with two attached hydrogens (primary N) is 1. The van der Waals surface area contributed by atoms with Crippen LogP contribution < -0.4 is 5.73 Å². The zero-order valence-corrected chi connectivity index (χ0v) is 12.0. The van der Waals surface area contributed by atoms with Crippen LogP contribution in [-0.4, -0.2) is 15.0 Å². The molecular weight excluding hydrogens is 256 g/mol. The van der Waals surface area contributed by atoms with E-state index in [1.807, 2.05) is 26.8 Å². The zero-order chi connectivity index (χ0) is 13.2. The molecule has 0 aliphatic carbocycles. The molecule has 94 valence electrons. The number of hydrogen-bond acceptors (Lipinski definition) is 3. The first-order valence-electron chi connectivity index (χ1n) is 5.25. The number of benzene rings is 1. The van der Waals surface area contributed by atoms with E-state index >= 15 is 0 Å². The lowest BCUT2D eigenvalue weighted by atomic mass is 10.1. The van der Waals surface area contributed by atoms with Gasteiger partial charge in [-0.1, -0.05) is 28.1 Å². The zero-order valence-electron chi connectivity index (χ0n) is 10.5. The van der Waals surface area contributed by atoms with Crippen molar-refractivity contribution >= 4 is 34.4 Å². The third kappa shape index (κ3) is 3.63. The number of nitrogens with zero attached hydrogens (tertiary/aromatic N) is 1. The Hall–Kier alpha value is -0.710. The average Bonchev–Trinajstić information content (AvgIpc) is 2.20. The van der Waals surface area contributed by atoms with Crippen LogP contribution >= 0.6 is 11.6 Å². The van der Waals surface area contributed by atoms with Gasteiger partial charge in [0, 0.05) is 5.56 Å². The highest BCUT2D eigenvalue weighted by Gasteiger charge is 2.27. The molecule has 0 amide bonds. The lowest BCUT2D eigenvalue weighted by Gasteiger charge is -2.19. The van der Waals surface area contributed by atoms with Gasteiger partial charge in [-0.05, 0) is 33.8 Å². The van der Waals surface area contributed by atoms with E-state index in [2.05, 4.69) is 4.40 Å². The SMILES string of the molecule is CC(=N[S@+]([O-])C(C)(C)C)c1cccc(N)c1Cl. The minimum atomic E-state index is -1.29. The molecule has 1 aromatic carbocycles. The first-order chi connectivity index (χ1) is 7.73. The van der Waals surface area contributed by atoms with Crippen molar-refractivity contribution in [1.29, 1.82) is 0 Å². The van der Waals surface area contributed by atoms with Crippen LogP contribution in [0, 0.1) is 0 Å². The molecule has 0 aliphatic heterocycles. The first-order valence-corrected chi connectivity index (χ1v) is 6.73. The predicted octanol–water partition coefficient (Wildman–Crippen LogP) is 3.19. The quantitative estimate of drug-likeness (QED) is 0.511. The monoisotopic (exact) mass is 272 g/mol. The lowest BCUT2D eigenvalue weighted by Crippen LogP contribution is -2.26. The predicted molar refractivity (Wildman–Crippen MR) is 76.0 cm³/mol. The Balaban J connectivity index is 3.09. The van der Waals surface area contributed by atoms with E-state index in [0.29, 0.717) is 16.4 Å². The topological polar surface area (TPSA) is 61.4 Å².